The number of benzene rings is 3. The van der Waals surface area contributed by atoms with E-state index in [9.17, 15) is 4.79 Å². The molecular formula is C41H42N6O6. The fourth-order valence-electron chi connectivity index (χ4n) is 5.81. The molecule has 7 rings (SSSR count). The quantitative estimate of drug-likeness (QED) is 0.0870. The van der Waals surface area contributed by atoms with Gasteiger partial charge in [-0.2, -0.15) is 0 Å². The van der Waals surface area contributed by atoms with Crippen molar-refractivity contribution in [1.29, 1.82) is 0 Å². The lowest BCUT2D eigenvalue weighted by Gasteiger charge is -2.09. The first-order valence-corrected chi connectivity index (χ1v) is 17.8. The first-order chi connectivity index (χ1) is 26.2. The predicted molar refractivity (Wildman–Crippen MR) is 202 cm³/mol. The van der Waals surface area contributed by atoms with E-state index in [2.05, 4.69) is 74.1 Å². The summed E-state index contributed by atoms with van der Waals surface area (Å²) in [5.74, 6) is 1.55. The second-order valence-electron chi connectivity index (χ2n) is 12.4. The predicted octanol–water partition coefficient (Wildman–Crippen LogP) is 6.28. The van der Waals surface area contributed by atoms with Gasteiger partial charge in [0.25, 0.3) is 5.91 Å². The molecule has 12 heteroatoms. The summed E-state index contributed by atoms with van der Waals surface area (Å²) in [6.45, 7) is 4.76. The van der Waals surface area contributed by atoms with Gasteiger partial charge in [-0.15, -0.1) is 0 Å². The van der Waals surface area contributed by atoms with E-state index in [4.69, 9.17) is 23.4 Å². The molecule has 0 aliphatic carbocycles. The molecule has 0 saturated carbocycles. The van der Waals surface area contributed by atoms with Crippen molar-refractivity contribution in [2.75, 3.05) is 58.1 Å². The van der Waals surface area contributed by atoms with Crippen LogP contribution in [0.5, 0.6) is 5.88 Å². The zero-order chi connectivity index (χ0) is 36.1. The number of hydrogen-bond acceptors (Lipinski definition) is 10. The van der Waals surface area contributed by atoms with Crippen molar-refractivity contribution < 1.29 is 28.2 Å². The number of carbonyl (C=O) groups excluding carboxylic acids is 1. The summed E-state index contributed by atoms with van der Waals surface area (Å²) < 4.78 is 30.5. The van der Waals surface area contributed by atoms with Crippen LogP contribution in [0.15, 0.2) is 114 Å². The van der Waals surface area contributed by atoms with E-state index in [1.54, 1.807) is 24.4 Å². The number of aromatic nitrogens is 4. The second-order valence-corrected chi connectivity index (χ2v) is 12.4. The highest BCUT2D eigenvalue weighted by molar-refractivity contribution is 6.03. The number of hydrogen-bond donors (Lipinski definition) is 2. The molecule has 0 bridgehead atoms. The van der Waals surface area contributed by atoms with Crippen LogP contribution >= 0.6 is 0 Å². The molecule has 0 unspecified atom stereocenters. The topological polar surface area (TPSA) is 134 Å². The molecule has 4 heterocycles. The lowest BCUT2D eigenvalue weighted by Crippen LogP contribution is -2.20. The molecule has 0 spiro atoms. The van der Waals surface area contributed by atoms with Crippen LogP contribution in [0.1, 0.15) is 27.4 Å². The van der Waals surface area contributed by atoms with Crippen molar-refractivity contribution >= 4 is 39.4 Å². The number of pyridine rings is 1. The highest BCUT2D eigenvalue weighted by Gasteiger charge is 2.12. The van der Waals surface area contributed by atoms with Gasteiger partial charge in [0.1, 0.15) is 23.6 Å². The molecule has 0 saturated heterocycles. The third kappa shape index (κ3) is 10.0. The van der Waals surface area contributed by atoms with Crippen molar-refractivity contribution in [3.8, 4) is 5.88 Å². The Labute approximate surface area is 307 Å². The standard InChI is InChI=1S/C41H42N6O6/c48-40(36-16-18-47-37-9-5-4-8-35(37)45-41(47)46-36)44-33-13-15-39(43-29-33)52-25-24-51-23-22-50-21-20-49-19-17-42-28-31-10-12-32-27-34(53-38(32)26-31)14-11-30-6-2-1-3-7-30/h1-10,12-13,15-16,18,26-27,29,42H,11,14,17,19-25,28H2,(H,44,48). The summed E-state index contributed by atoms with van der Waals surface area (Å²) >= 11 is 0. The van der Waals surface area contributed by atoms with Gasteiger partial charge >= 0.3 is 0 Å². The average molecular weight is 715 g/mol. The van der Waals surface area contributed by atoms with E-state index < -0.39 is 0 Å². The minimum absolute atomic E-state index is 0.259. The SMILES string of the molecule is O=C(Nc1ccc(OCCOCCOCCOCCNCc2ccc3cc(CCc4ccccc4)oc3c2)nc1)c1ccn2c(n1)nc1ccccc12. The number of imidazole rings is 1. The number of furan rings is 1. The summed E-state index contributed by atoms with van der Waals surface area (Å²) in [7, 11) is 0. The van der Waals surface area contributed by atoms with Crippen molar-refractivity contribution in [3.05, 3.63) is 132 Å². The molecule has 53 heavy (non-hydrogen) atoms. The number of fused-ring (bicyclic) bond motifs is 4. The molecular weight excluding hydrogens is 672 g/mol. The van der Waals surface area contributed by atoms with E-state index in [1.165, 1.54) is 17.3 Å². The normalized spacial score (nSPS) is 11.5. The summed E-state index contributed by atoms with van der Waals surface area (Å²) in [5.41, 5.74) is 5.96. The second kappa shape index (κ2) is 18.2. The Balaban J connectivity index is 0.690. The Morgan fingerprint density at radius 2 is 1.53 bits per heavy atom. The Bertz CT molecular complexity index is 2220. The molecule has 12 nitrogen and oxygen atoms in total. The number of ether oxygens (including phenoxy) is 4. The molecule has 7 aromatic rings. The number of nitrogens with zero attached hydrogens (tertiary/aromatic N) is 4. The monoisotopic (exact) mass is 714 g/mol. The molecule has 0 atom stereocenters. The van der Waals surface area contributed by atoms with Crippen LogP contribution < -0.4 is 15.4 Å². The van der Waals surface area contributed by atoms with Crippen LogP contribution in [0, 0.1) is 0 Å². The maximum atomic E-state index is 12.8. The lowest BCUT2D eigenvalue weighted by molar-refractivity contribution is 0.00958. The van der Waals surface area contributed by atoms with E-state index in [0.29, 0.717) is 63.6 Å². The first-order valence-electron chi connectivity index (χ1n) is 17.8. The maximum absolute atomic E-state index is 12.8. The summed E-state index contributed by atoms with van der Waals surface area (Å²) in [6.07, 6.45) is 5.18. The van der Waals surface area contributed by atoms with E-state index >= 15 is 0 Å². The minimum Gasteiger partial charge on any atom is -0.475 e. The summed E-state index contributed by atoms with van der Waals surface area (Å²) in [5, 5.41) is 7.37. The van der Waals surface area contributed by atoms with Crippen LogP contribution in [0.2, 0.25) is 0 Å². The Kier molecular flexibility index (Phi) is 12.3. The van der Waals surface area contributed by atoms with Gasteiger partial charge in [0.2, 0.25) is 11.7 Å². The van der Waals surface area contributed by atoms with Gasteiger partial charge in [0.15, 0.2) is 0 Å². The van der Waals surface area contributed by atoms with Gasteiger partial charge in [-0.05, 0) is 53.9 Å². The summed E-state index contributed by atoms with van der Waals surface area (Å²) in [6, 6.07) is 31.8. The molecule has 0 aliphatic heterocycles. The Morgan fingerprint density at radius 3 is 2.36 bits per heavy atom. The highest BCUT2D eigenvalue weighted by atomic mass is 16.6. The van der Waals surface area contributed by atoms with E-state index in [-0.39, 0.29) is 11.6 Å². The Hall–Kier alpha value is -5.66. The fourth-order valence-corrected chi connectivity index (χ4v) is 5.81. The van der Waals surface area contributed by atoms with Gasteiger partial charge < -0.3 is 34.0 Å². The molecule has 0 fully saturated rings. The maximum Gasteiger partial charge on any atom is 0.274 e. The fraction of sp³-hybridized carbons (Fsp3) is 0.268. The van der Waals surface area contributed by atoms with Gasteiger partial charge in [-0.3, -0.25) is 9.20 Å². The number of amides is 1. The smallest absolute Gasteiger partial charge is 0.274 e. The number of aryl methyl sites for hydroxylation is 2. The molecule has 2 N–H and O–H groups in total. The highest BCUT2D eigenvalue weighted by Crippen LogP contribution is 2.22. The summed E-state index contributed by atoms with van der Waals surface area (Å²) in [4.78, 5) is 25.9. The molecule has 4 aromatic heterocycles. The number of carbonyl (C=O) groups is 1. The van der Waals surface area contributed by atoms with Crippen LogP contribution in [0.4, 0.5) is 5.69 Å². The van der Waals surface area contributed by atoms with Gasteiger partial charge in [0.05, 0.1) is 62.6 Å². The third-order valence-electron chi connectivity index (χ3n) is 8.52. The van der Waals surface area contributed by atoms with Crippen molar-refractivity contribution in [2.24, 2.45) is 0 Å². The molecule has 1 amide bonds. The number of anilines is 1. The Morgan fingerprint density at radius 1 is 0.736 bits per heavy atom. The van der Waals surface area contributed by atoms with Gasteiger partial charge in [-0.25, -0.2) is 15.0 Å². The molecule has 0 radical (unpaired) electrons. The molecule has 272 valence electrons. The van der Waals surface area contributed by atoms with Crippen molar-refractivity contribution in [3.63, 3.8) is 0 Å². The van der Waals surface area contributed by atoms with Crippen LogP contribution in [-0.4, -0.2) is 78.1 Å². The van der Waals surface area contributed by atoms with Crippen molar-refractivity contribution in [1.82, 2.24) is 24.7 Å². The molecule has 0 aliphatic rings. The van der Waals surface area contributed by atoms with Crippen LogP contribution in [0.3, 0.4) is 0 Å². The average Bonchev–Trinajstić information content (AvgIpc) is 3.78. The van der Waals surface area contributed by atoms with Gasteiger partial charge in [-0.1, -0.05) is 54.6 Å². The third-order valence-corrected chi connectivity index (χ3v) is 8.52. The number of rotatable bonds is 20. The number of nitrogens with one attached hydrogen (secondary N) is 2. The zero-order valence-corrected chi connectivity index (χ0v) is 29.4. The van der Waals surface area contributed by atoms with Crippen LogP contribution in [-0.2, 0) is 33.6 Å². The van der Waals surface area contributed by atoms with Gasteiger partial charge in [0, 0.05) is 37.2 Å². The lowest BCUT2D eigenvalue weighted by atomic mass is 10.1. The number of para-hydroxylation sites is 2. The van der Waals surface area contributed by atoms with E-state index in [0.717, 1.165) is 53.7 Å². The van der Waals surface area contributed by atoms with Crippen molar-refractivity contribution in [2.45, 2.75) is 19.4 Å². The largest absolute Gasteiger partial charge is 0.475 e. The minimum atomic E-state index is -0.353. The first kappa shape index (κ1) is 35.7. The molecule has 3 aromatic carbocycles. The van der Waals surface area contributed by atoms with E-state index in [1.807, 2.05) is 34.7 Å². The van der Waals surface area contributed by atoms with Crippen LogP contribution in [0.25, 0.3) is 27.8 Å². The zero-order valence-electron chi connectivity index (χ0n) is 29.4.